The van der Waals surface area contributed by atoms with Gasteiger partial charge in [-0.25, -0.2) is 0 Å². The van der Waals surface area contributed by atoms with E-state index in [1.807, 2.05) is 30.3 Å². The van der Waals surface area contributed by atoms with E-state index in [2.05, 4.69) is 10.4 Å². The van der Waals surface area contributed by atoms with Crippen LogP contribution in [0.25, 0.3) is 0 Å². The molecule has 2 atom stereocenters. The molecule has 1 amide bonds. The first-order chi connectivity index (χ1) is 12.3. The monoisotopic (exact) mass is 366 g/mol. The predicted molar refractivity (Wildman–Crippen MR) is 89.8 cm³/mol. The van der Waals surface area contributed by atoms with Crippen molar-refractivity contribution in [3.05, 3.63) is 53.9 Å². The second-order valence-electron chi connectivity index (χ2n) is 6.67. The van der Waals surface area contributed by atoms with Gasteiger partial charge in [-0.1, -0.05) is 30.3 Å². The van der Waals surface area contributed by atoms with E-state index in [1.165, 1.54) is 0 Å². The van der Waals surface area contributed by atoms with Crippen LogP contribution in [0, 0.1) is 11.8 Å². The van der Waals surface area contributed by atoms with Gasteiger partial charge in [-0.05, 0) is 5.56 Å². The first-order valence-corrected chi connectivity index (χ1v) is 8.41. The van der Waals surface area contributed by atoms with Gasteiger partial charge in [-0.15, -0.1) is 0 Å². The molecule has 1 aromatic carbocycles. The van der Waals surface area contributed by atoms with E-state index < -0.39 is 23.9 Å². The SMILES string of the molecule is Cn1cc(CNC(=O)[C@@H]2CN(Cc3ccccc3)C[C@H]2C(F)(F)F)cn1. The molecule has 0 radical (unpaired) electrons. The van der Waals surface area contributed by atoms with E-state index in [0.29, 0.717) is 6.54 Å². The molecule has 0 unspecified atom stereocenters. The number of hydrogen-bond acceptors (Lipinski definition) is 3. The van der Waals surface area contributed by atoms with Crippen molar-refractivity contribution in [3.63, 3.8) is 0 Å². The zero-order chi connectivity index (χ0) is 18.7. The molecule has 26 heavy (non-hydrogen) atoms. The number of carbonyl (C=O) groups excluding carboxylic acids is 1. The van der Waals surface area contributed by atoms with Crippen molar-refractivity contribution in [2.75, 3.05) is 13.1 Å². The van der Waals surface area contributed by atoms with Gasteiger partial charge in [0.1, 0.15) is 0 Å². The molecule has 5 nitrogen and oxygen atoms in total. The summed E-state index contributed by atoms with van der Waals surface area (Å²) in [4.78, 5) is 14.1. The normalized spacial score (nSPS) is 21.1. The third-order valence-corrected chi connectivity index (χ3v) is 4.63. The number of likely N-dealkylation sites (tertiary alicyclic amines) is 1. The third-order valence-electron chi connectivity index (χ3n) is 4.63. The molecule has 1 aliphatic heterocycles. The molecule has 1 aliphatic rings. The molecule has 8 heteroatoms. The molecule has 2 heterocycles. The van der Waals surface area contributed by atoms with Crippen molar-refractivity contribution in [1.82, 2.24) is 20.0 Å². The third kappa shape index (κ3) is 4.43. The standard InChI is InChI=1S/C18H21F3N4O/c1-24-9-14(8-23-24)7-22-17(26)15-11-25(12-16(15)18(19,20)21)10-13-5-3-2-4-6-13/h2-6,8-9,15-16H,7,10-12H2,1H3,(H,22,26)/t15-,16-/m1/s1. The molecule has 0 spiro atoms. The summed E-state index contributed by atoms with van der Waals surface area (Å²) >= 11 is 0. The van der Waals surface area contributed by atoms with Crippen molar-refractivity contribution in [1.29, 1.82) is 0 Å². The summed E-state index contributed by atoms with van der Waals surface area (Å²) < 4.78 is 41.9. The van der Waals surface area contributed by atoms with E-state index >= 15 is 0 Å². The van der Waals surface area contributed by atoms with Gasteiger partial charge in [-0.2, -0.15) is 18.3 Å². The van der Waals surface area contributed by atoms with Gasteiger partial charge >= 0.3 is 6.18 Å². The van der Waals surface area contributed by atoms with E-state index in [-0.39, 0.29) is 19.6 Å². The molecule has 1 saturated heterocycles. The molecular weight excluding hydrogens is 345 g/mol. The summed E-state index contributed by atoms with van der Waals surface area (Å²) in [6.45, 7) is 0.507. The second kappa shape index (κ2) is 7.49. The summed E-state index contributed by atoms with van der Waals surface area (Å²) in [5, 5.41) is 6.60. The molecular formula is C18H21F3N4O. The Bertz CT molecular complexity index is 744. The zero-order valence-corrected chi connectivity index (χ0v) is 14.4. The minimum Gasteiger partial charge on any atom is -0.352 e. The molecule has 1 fully saturated rings. The van der Waals surface area contributed by atoms with Gasteiger partial charge in [-0.3, -0.25) is 14.4 Å². The lowest BCUT2D eigenvalue weighted by atomic mass is 9.94. The lowest BCUT2D eigenvalue weighted by Crippen LogP contribution is -2.39. The fraction of sp³-hybridized carbons (Fsp3) is 0.444. The lowest BCUT2D eigenvalue weighted by Gasteiger charge is -2.20. The van der Waals surface area contributed by atoms with Crippen molar-refractivity contribution in [3.8, 4) is 0 Å². The Morgan fingerprint density at radius 1 is 1.23 bits per heavy atom. The minimum atomic E-state index is -4.40. The van der Waals surface area contributed by atoms with E-state index in [1.54, 1.807) is 29.0 Å². The van der Waals surface area contributed by atoms with E-state index in [9.17, 15) is 18.0 Å². The number of hydrogen-bond donors (Lipinski definition) is 1. The molecule has 1 N–H and O–H groups in total. The number of aromatic nitrogens is 2. The Hall–Kier alpha value is -2.35. The molecule has 2 aromatic rings. The molecule has 0 aliphatic carbocycles. The van der Waals surface area contributed by atoms with Crippen LogP contribution < -0.4 is 5.32 Å². The van der Waals surface area contributed by atoms with Crippen LogP contribution in [0.3, 0.4) is 0 Å². The summed E-state index contributed by atoms with van der Waals surface area (Å²) in [6.07, 6.45) is -1.10. The molecule has 0 saturated carbocycles. The predicted octanol–water partition coefficient (Wildman–Crippen LogP) is 2.35. The molecule has 1 aromatic heterocycles. The highest BCUT2D eigenvalue weighted by atomic mass is 19.4. The van der Waals surface area contributed by atoms with Crippen LogP contribution in [-0.4, -0.2) is 39.9 Å². The topological polar surface area (TPSA) is 50.2 Å². The van der Waals surface area contributed by atoms with Crippen molar-refractivity contribution in [2.24, 2.45) is 18.9 Å². The van der Waals surface area contributed by atoms with Gasteiger partial charge < -0.3 is 5.32 Å². The van der Waals surface area contributed by atoms with Gasteiger partial charge in [0.25, 0.3) is 0 Å². The number of nitrogens with one attached hydrogen (secondary N) is 1. The van der Waals surface area contributed by atoms with Crippen molar-refractivity contribution < 1.29 is 18.0 Å². The average molecular weight is 366 g/mol. The zero-order valence-electron chi connectivity index (χ0n) is 14.4. The number of benzene rings is 1. The highest BCUT2D eigenvalue weighted by Crippen LogP contribution is 2.38. The Morgan fingerprint density at radius 3 is 2.58 bits per heavy atom. The first kappa shape index (κ1) is 18.4. The Balaban J connectivity index is 1.65. The second-order valence-corrected chi connectivity index (χ2v) is 6.67. The quantitative estimate of drug-likeness (QED) is 0.884. The van der Waals surface area contributed by atoms with Gasteiger partial charge in [0.05, 0.1) is 18.0 Å². The smallest absolute Gasteiger partial charge is 0.352 e. The molecule has 0 bridgehead atoms. The number of rotatable bonds is 5. The van der Waals surface area contributed by atoms with Crippen molar-refractivity contribution >= 4 is 5.91 Å². The van der Waals surface area contributed by atoms with Crippen LogP contribution in [-0.2, 0) is 24.9 Å². The largest absolute Gasteiger partial charge is 0.393 e. The maximum absolute atomic E-state index is 13.4. The fourth-order valence-electron chi connectivity index (χ4n) is 3.34. The Morgan fingerprint density at radius 2 is 1.96 bits per heavy atom. The minimum absolute atomic E-state index is 0.0952. The summed E-state index contributed by atoms with van der Waals surface area (Å²) in [6, 6.07) is 9.31. The average Bonchev–Trinajstić information content (AvgIpc) is 3.20. The highest BCUT2D eigenvalue weighted by molar-refractivity contribution is 5.79. The number of nitrogens with zero attached hydrogens (tertiary/aromatic N) is 3. The number of alkyl halides is 3. The number of aryl methyl sites for hydroxylation is 1. The Labute approximate surface area is 149 Å². The van der Waals surface area contributed by atoms with E-state index in [4.69, 9.17) is 0 Å². The van der Waals surface area contributed by atoms with Crippen LogP contribution in [0.15, 0.2) is 42.7 Å². The van der Waals surface area contributed by atoms with Crippen LogP contribution in [0.5, 0.6) is 0 Å². The fourth-order valence-corrected chi connectivity index (χ4v) is 3.34. The van der Waals surface area contributed by atoms with Crippen LogP contribution >= 0.6 is 0 Å². The molecule has 140 valence electrons. The molecule has 3 rings (SSSR count). The number of amides is 1. The maximum atomic E-state index is 13.4. The van der Waals surface area contributed by atoms with Crippen LogP contribution in [0.2, 0.25) is 0 Å². The summed E-state index contributed by atoms with van der Waals surface area (Å²) in [5.41, 5.74) is 1.69. The van der Waals surface area contributed by atoms with Crippen LogP contribution in [0.1, 0.15) is 11.1 Å². The van der Waals surface area contributed by atoms with E-state index in [0.717, 1.165) is 11.1 Å². The number of carbonyl (C=O) groups is 1. The Kier molecular flexibility index (Phi) is 5.31. The lowest BCUT2D eigenvalue weighted by molar-refractivity contribution is -0.183. The first-order valence-electron chi connectivity index (χ1n) is 8.41. The highest BCUT2D eigenvalue weighted by Gasteiger charge is 2.52. The number of halogens is 3. The van der Waals surface area contributed by atoms with Gasteiger partial charge in [0, 0.05) is 45.0 Å². The van der Waals surface area contributed by atoms with Gasteiger partial charge in [0.15, 0.2) is 0 Å². The maximum Gasteiger partial charge on any atom is 0.393 e. The summed E-state index contributed by atoms with van der Waals surface area (Å²) in [7, 11) is 1.74. The van der Waals surface area contributed by atoms with Gasteiger partial charge in [0.2, 0.25) is 5.91 Å². The van der Waals surface area contributed by atoms with Crippen LogP contribution in [0.4, 0.5) is 13.2 Å². The summed E-state index contributed by atoms with van der Waals surface area (Å²) in [5.74, 6) is -3.32. The van der Waals surface area contributed by atoms with Crippen molar-refractivity contribution in [2.45, 2.75) is 19.3 Å².